The van der Waals surface area contributed by atoms with Gasteiger partial charge in [0, 0.05) is 12.2 Å². The Balaban J connectivity index is 2.19. The second kappa shape index (κ2) is 6.76. The van der Waals surface area contributed by atoms with Gasteiger partial charge in [-0.25, -0.2) is 0 Å². The Morgan fingerprint density at radius 3 is 2.57 bits per heavy atom. The molecular formula is C16H20ClN3O. The number of hydrogen-bond donors (Lipinski definition) is 1. The van der Waals surface area contributed by atoms with Crippen molar-refractivity contribution in [2.24, 2.45) is 0 Å². The largest absolute Gasteiger partial charge is 0.322 e. The molecule has 21 heavy (non-hydrogen) atoms. The Labute approximate surface area is 130 Å². The molecule has 4 nitrogen and oxygen atoms in total. The van der Waals surface area contributed by atoms with Crippen molar-refractivity contribution in [1.82, 2.24) is 9.78 Å². The number of amides is 1. The smallest absolute Gasteiger partial charge is 0.260 e. The number of rotatable bonds is 5. The van der Waals surface area contributed by atoms with E-state index in [0.29, 0.717) is 16.4 Å². The van der Waals surface area contributed by atoms with Gasteiger partial charge in [-0.3, -0.25) is 9.48 Å². The third kappa shape index (κ3) is 3.64. The maximum Gasteiger partial charge on any atom is 0.260 e. The van der Waals surface area contributed by atoms with Crippen LogP contribution in [-0.4, -0.2) is 15.7 Å². The van der Waals surface area contributed by atoms with Crippen LogP contribution in [0.2, 0.25) is 5.15 Å². The van der Waals surface area contributed by atoms with E-state index < -0.39 is 0 Å². The third-order valence-electron chi connectivity index (χ3n) is 3.33. The number of nitrogens with one attached hydrogen (secondary N) is 1. The van der Waals surface area contributed by atoms with Gasteiger partial charge in [0.05, 0.1) is 11.3 Å². The normalized spacial score (nSPS) is 10.7. The van der Waals surface area contributed by atoms with Crippen LogP contribution in [0.15, 0.2) is 24.3 Å². The molecule has 1 aromatic carbocycles. The Bertz CT molecular complexity index is 632. The molecular weight excluding hydrogens is 286 g/mol. The van der Waals surface area contributed by atoms with Gasteiger partial charge >= 0.3 is 0 Å². The molecule has 0 saturated carbocycles. The minimum Gasteiger partial charge on any atom is -0.322 e. The van der Waals surface area contributed by atoms with E-state index in [1.165, 1.54) is 0 Å². The molecule has 0 atom stereocenters. The summed E-state index contributed by atoms with van der Waals surface area (Å²) in [7, 11) is 0. The number of aryl methyl sites for hydroxylation is 3. The summed E-state index contributed by atoms with van der Waals surface area (Å²) in [5, 5.41) is 7.62. The molecule has 2 aromatic rings. The molecule has 0 aliphatic heterocycles. The molecule has 1 heterocycles. The number of benzene rings is 1. The number of aromatic nitrogens is 2. The Hall–Kier alpha value is -1.81. The molecule has 0 radical (unpaired) electrons. The Morgan fingerprint density at radius 2 is 1.95 bits per heavy atom. The van der Waals surface area contributed by atoms with Gasteiger partial charge in [-0.1, -0.05) is 42.6 Å². The predicted octanol–water partition coefficient (Wildman–Crippen LogP) is 4.21. The van der Waals surface area contributed by atoms with Gasteiger partial charge in [-0.15, -0.1) is 0 Å². The Morgan fingerprint density at radius 1 is 1.29 bits per heavy atom. The molecule has 0 aliphatic carbocycles. The maximum absolute atomic E-state index is 12.4. The first-order valence-corrected chi connectivity index (χ1v) is 7.51. The summed E-state index contributed by atoms with van der Waals surface area (Å²) in [4.78, 5) is 12.4. The van der Waals surface area contributed by atoms with Crippen molar-refractivity contribution in [3.8, 4) is 0 Å². The van der Waals surface area contributed by atoms with Gasteiger partial charge in [-0.05, 0) is 32.4 Å². The summed E-state index contributed by atoms with van der Waals surface area (Å²) in [6.07, 6.45) is 2.04. The highest BCUT2D eigenvalue weighted by atomic mass is 35.5. The van der Waals surface area contributed by atoms with Gasteiger partial charge in [0.25, 0.3) is 5.91 Å². The van der Waals surface area contributed by atoms with E-state index in [1.54, 1.807) is 11.6 Å². The van der Waals surface area contributed by atoms with E-state index in [-0.39, 0.29) is 5.91 Å². The monoisotopic (exact) mass is 305 g/mol. The van der Waals surface area contributed by atoms with Crippen molar-refractivity contribution in [3.05, 3.63) is 46.2 Å². The molecule has 0 aliphatic rings. The van der Waals surface area contributed by atoms with E-state index in [2.05, 4.69) is 17.3 Å². The number of hydrogen-bond acceptors (Lipinski definition) is 2. The van der Waals surface area contributed by atoms with Crippen LogP contribution in [-0.2, 0) is 6.54 Å². The van der Waals surface area contributed by atoms with Gasteiger partial charge in [0.2, 0.25) is 0 Å². The topological polar surface area (TPSA) is 46.9 Å². The number of halogens is 1. The average molecular weight is 306 g/mol. The molecule has 0 bridgehead atoms. The van der Waals surface area contributed by atoms with Crippen molar-refractivity contribution in [1.29, 1.82) is 0 Å². The first-order valence-electron chi connectivity index (χ1n) is 7.14. The van der Waals surface area contributed by atoms with Crippen molar-refractivity contribution < 1.29 is 4.79 Å². The average Bonchev–Trinajstić information content (AvgIpc) is 2.73. The highest BCUT2D eigenvalue weighted by Gasteiger charge is 2.20. The third-order valence-corrected chi connectivity index (χ3v) is 3.71. The van der Waals surface area contributed by atoms with E-state index in [4.69, 9.17) is 11.6 Å². The lowest BCUT2D eigenvalue weighted by atomic mass is 10.2. The first-order chi connectivity index (χ1) is 10.0. The second-order valence-corrected chi connectivity index (χ2v) is 5.51. The van der Waals surface area contributed by atoms with Crippen LogP contribution >= 0.6 is 11.6 Å². The molecule has 0 unspecified atom stereocenters. The highest BCUT2D eigenvalue weighted by Crippen LogP contribution is 2.22. The molecule has 2 rings (SSSR count). The zero-order valence-electron chi connectivity index (χ0n) is 12.6. The van der Waals surface area contributed by atoms with Gasteiger partial charge in [0.15, 0.2) is 0 Å². The number of anilines is 1. The van der Waals surface area contributed by atoms with E-state index in [0.717, 1.165) is 30.6 Å². The van der Waals surface area contributed by atoms with Crippen molar-refractivity contribution in [2.75, 3.05) is 5.32 Å². The molecule has 1 amide bonds. The van der Waals surface area contributed by atoms with Crippen LogP contribution in [0.5, 0.6) is 0 Å². The highest BCUT2D eigenvalue weighted by molar-refractivity contribution is 6.33. The summed E-state index contributed by atoms with van der Waals surface area (Å²) < 4.78 is 1.70. The molecule has 1 N–H and O–H groups in total. The molecule has 112 valence electrons. The minimum absolute atomic E-state index is 0.218. The fourth-order valence-corrected chi connectivity index (χ4v) is 2.44. The number of carbonyl (C=O) groups excluding carboxylic acids is 1. The maximum atomic E-state index is 12.4. The standard InChI is InChI=1S/C16H20ClN3O/c1-4-5-10-20-15(17)14(12(3)19-20)16(21)18-13-8-6-11(2)7-9-13/h6-9H,4-5,10H2,1-3H3,(H,18,21). The number of carbonyl (C=O) groups is 1. The molecule has 0 fully saturated rings. The lowest BCUT2D eigenvalue weighted by Gasteiger charge is -2.06. The van der Waals surface area contributed by atoms with Gasteiger partial charge < -0.3 is 5.32 Å². The quantitative estimate of drug-likeness (QED) is 0.899. The van der Waals surface area contributed by atoms with E-state index >= 15 is 0 Å². The van der Waals surface area contributed by atoms with Crippen LogP contribution < -0.4 is 5.32 Å². The van der Waals surface area contributed by atoms with E-state index in [1.807, 2.05) is 31.2 Å². The van der Waals surface area contributed by atoms with E-state index in [9.17, 15) is 4.79 Å². The van der Waals surface area contributed by atoms with Crippen molar-refractivity contribution in [2.45, 2.75) is 40.2 Å². The summed E-state index contributed by atoms with van der Waals surface area (Å²) in [6.45, 7) is 6.64. The minimum atomic E-state index is -0.218. The van der Waals surface area contributed by atoms with Gasteiger partial charge in [-0.2, -0.15) is 5.10 Å². The fraction of sp³-hybridized carbons (Fsp3) is 0.375. The lowest BCUT2D eigenvalue weighted by Crippen LogP contribution is -2.13. The summed E-state index contributed by atoms with van der Waals surface area (Å²) in [5.41, 5.74) is 3.01. The second-order valence-electron chi connectivity index (χ2n) is 5.15. The molecule has 1 aromatic heterocycles. The number of unbranched alkanes of at least 4 members (excludes halogenated alkanes) is 1. The fourth-order valence-electron chi connectivity index (χ4n) is 2.10. The zero-order chi connectivity index (χ0) is 15.4. The summed E-state index contributed by atoms with van der Waals surface area (Å²) >= 11 is 6.29. The van der Waals surface area contributed by atoms with Crippen LogP contribution in [0.1, 0.15) is 41.4 Å². The molecule has 0 saturated heterocycles. The first kappa shape index (κ1) is 15.6. The van der Waals surface area contributed by atoms with Crippen LogP contribution in [0.4, 0.5) is 5.69 Å². The SMILES string of the molecule is CCCCn1nc(C)c(C(=O)Nc2ccc(C)cc2)c1Cl. The summed E-state index contributed by atoms with van der Waals surface area (Å²) in [6, 6.07) is 7.65. The summed E-state index contributed by atoms with van der Waals surface area (Å²) in [5.74, 6) is -0.218. The number of nitrogens with zero attached hydrogens (tertiary/aromatic N) is 2. The van der Waals surface area contributed by atoms with Crippen LogP contribution in [0, 0.1) is 13.8 Å². The zero-order valence-corrected chi connectivity index (χ0v) is 13.4. The molecule has 5 heteroatoms. The molecule has 0 spiro atoms. The van der Waals surface area contributed by atoms with Gasteiger partial charge in [0.1, 0.15) is 5.15 Å². The van der Waals surface area contributed by atoms with Crippen molar-refractivity contribution in [3.63, 3.8) is 0 Å². The Kier molecular flexibility index (Phi) is 5.02. The predicted molar refractivity (Wildman–Crippen MR) is 86.0 cm³/mol. The van der Waals surface area contributed by atoms with Crippen LogP contribution in [0.3, 0.4) is 0 Å². The van der Waals surface area contributed by atoms with Crippen LogP contribution in [0.25, 0.3) is 0 Å². The lowest BCUT2D eigenvalue weighted by molar-refractivity contribution is 0.102. The van der Waals surface area contributed by atoms with Crippen molar-refractivity contribution >= 4 is 23.2 Å².